The van der Waals surface area contributed by atoms with Crippen molar-refractivity contribution in [3.05, 3.63) is 118 Å². The van der Waals surface area contributed by atoms with Crippen LogP contribution in [0.3, 0.4) is 0 Å². The van der Waals surface area contributed by atoms with Crippen LogP contribution in [0, 0.1) is 6.92 Å². The number of para-hydroxylation sites is 1. The van der Waals surface area contributed by atoms with E-state index in [9.17, 15) is 4.79 Å². The van der Waals surface area contributed by atoms with Gasteiger partial charge in [-0.15, -0.1) is 5.10 Å². The average molecular weight is 515 g/mol. The van der Waals surface area contributed by atoms with Gasteiger partial charge in [-0.1, -0.05) is 59.6 Å². The highest BCUT2D eigenvalue weighted by molar-refractivity contribution is 6.31. The van der Waals surface area contributed by atoms with E-state index in [4.69, 9.17) is 27.9 Å². The van der Waals surface area contributed by atoms with Gasteiger partial charge < -0.3 is 10.1 Å². The average Bonchev–Trinajstić information content (AvgIpc) is 3.33. The van der Waals surface area contributed by atoms with Gasteiger partial charge in [0.05, 0.1) is 5.69 Å². The fourth-order valence-corrected chi connectivity index (χ4v) is 3.98. The Bertz CT molecular complexity index is 1530. The van der Waals surface area contributed by atoms with Crippen LogP contribution < -0.4 is 10.1 Å². The summed E-state index contributed by atoms with van der Waals surface area (Å²) in [4.78, 5) is 17.7. The number of nitrogens with zero attached hydrogens (tertiary/aromatic N) is 3. The Morgan fingerprint density at radius 3 is 2.31 bits per heavy atom. The van der Waals surface area contributed by atoms with Crippen LogP contribution in [0.5, 0.6) is 11.5 Å². The number of hydrogen-bond donors (Lipinski definition) is 1. The highest BCUT2D eigenvalue weighted by Gasteiger charge is 2.20. The van der Waals surface area contributed by atoms with E-state index < -0.39 is 5.91 Å². The highest BCUT2D eigenvalue weighted by atomic mass is 35.5. The van der Waals surface area contributed by atoms with Gasteiger partial charge in [-0.25, -0.2) is 9.67 Å². The van der Waals surface area contributed by atoms with Crippen molar-refractivity contribution in [2.75, 3.05) is 5.32 Å². The van der Waals surface area contributed by atoms with E-state index >= 15 is 0 Å². The summed E-state index contributed by atoms with van der Waals surface area (Å²) in [7, 11) is 0. The number of carbonyl (C=O) groups is 1. The zero-order valence-electron chi connectivity index (χ0n) is 19.2. The van der Waals surface area contributed by atoms with E-state index in [-0.39, 0.29) is 5.82 Å². The first-order valence-corrected chi connectivity index (χ1v) is 11.9. The van der Waals surface area contributed by atoms with Crippen molar-refractivity contribution in [1.29, 1.82) is 0 Å². The molecule has 0 saturated carbocycles. The molecule has 5 aromatic rings. The number of amides is 1. The summed E-state index contributed by atoms with van der Waals surface area (Å²) < 4.78 is 7.42. The lowest BCUT2D eigenvalue weighted by Gasteiger charge is -2.09. The monoisotopic (exact) mass is 514 g/mol. The van der Waals surface area contributed by atoms with Crippen LogP contribution in [0.4, 0.5) is 5.69 Å². The molecule has 0 aliphatic heterocycles. The Balaban J connectivity index is 1.44. The summed E-state index contributed by atoms with van der Waals surface area (Å²) in [5.74, 6) is 1.41. The van der Waals surface area contributed by atoms with Gasteiger partial charge >= 0.3 is 0 Å². The fourth-order valence-electron chi connectivity index (χ4n) is 3.62. The molecule has 1 amide bonds. The first-order chi connectivity index (χ1) is 17.5. The number of anilines is 1. The predicted octanol–water partition coefficient (Wildman–Crippen LogP) is 7.59. The molecule has 1 aromatic heterocycles. The van der Waals surface area contributed by atoms with Gasteiger partial charge in [-0.05, 0) is 73.2 Å². The summed E-state index contributed by atoms with van der Waals surface area (Å²) in [5.41, 5.74) is 2.94. The van der Waals surface area contributed by atoms with Gasteiger partial charge in [0.25, 0.3) is 5.91 Å². The Morgan fingerprint density at radius 1 is 0.833 bits per heavy atom. The number of rotatable bonds is 6. The predicted molar refractivity (Wildman–Crippen MR) is 142 cm³/mol. The van der Waals surface area contributed by atoms with Crippen molar-refractivity contribution in [1.82, 2.24) is 14.8 Å². The van der Waals surface area contributed by atoms with E-state index in [0.29, 0.717) is 33.0 Å². The van der Waals surface area contributed by atoms with Crippen LogP contribution >= 0.6 is 23.2 Å². The topological polar surface area (TPSA) is 69.0 Å². The van der Waals surface area contributed by atoms with Gasteiger partial charge in [0, 0.05) is 21.3 Å². The Labute approximate surface area is 218 Å². The number of aromatic nitrogens is 3. The quantitative estimate of drug-likeness (QED) is 0.253. The molecule has 0 aliphatic rings. The molecule has 1 N–H and O–H groups in total. The lowest BCUT2D eigenvalue weighted by Crippen LogP contribution is -2.14. The Kier molecular flexibility index (Phi) is 6.71. The number of halogens is 2. The molecule has 178 valence electrons. The van der Waals surface area contributed by atoms with Crippen LogP contribution in [-0.2, 0) is 0 Å². The minimum atomic E-state index is -0.451. The number of ether oxygens (including phenoxy) is 1. The molecule has 1 heterocycles. The van der Waals surface area contributed by atoms with Gasteiger partial charge in [0.2, 0.25) is 5.82 Å². The van der Waals surface area contributed by atoms with Crippen molar-refractivity contribution >= 4 is 34.8 Å². The zero-order chi connectivity index (χ0) is 25.1. The number of aryl methyl sites for hydroxylation is 1. The Hall–Kier alpha value is -4.13. The second kappa shape index (κ2) is 10.2. The molecule has 0 fully saturated rings. The maximum Gasteiger partial charge on any atom is 0.295 e. The summed E-state index contributed by atoms with van der Waals surface area (Å²) in [6.07, 6.45) is 0. The van der Waals surface area contributed by atoms with E-state index in [2.05, 4.69) is 15.4 Å². The number of hydrogen-bond acceptors (Lipinski definition) is 4. The van der Waals surface area contributed by atoms with Crippen molar-refractivity contribution in [3.8, 4) is 28.6 Å². The van der Waals surface area contributed by atoms with Crippen LogP contribution in [0.25, 0.3) is 17.1 Å². The van der Waals surface area contributed by atoms with E-state index in [0.717, 1.165) is 16.9 Å². The molecule has 0 saturated heterocycles. The van der Waals surface area contributed by atoms with Crippen LogP contribution in [0.1, 0.15) is 16.2 Å². The molecule has 0 atom stereocenters. The number of nitrogens with one attached hydrogen (secondary N) is 1. The molecule has 0 spiro atoms. The van der Waals surface area contributed by atoms with E-state index in [1.165, 1.54) is 0 Å². The zero-order valence-corrected chi connectivity index (χ0v) is 20.7. The molecule has 4 aromatic carbocycles. The molecule has 0 unspecified atom stereocenters. The van der Waals surface area contributed by atoms with Gasteiger partial charge in [-0.3, -0.25) is 4.79 Å². The molecular weight excluding hydrogens is 495 g/mol. The summed E-state index contributed by atoms with van der Waals surface area (Å²) in [6, 6.07) is 29.2. The van der Waals surface area contributed by atoms with Crippen molar-refractivity contribution < 1.29 is 9.53 Å². The van der Waals surface area contributed by atoms with Crippen molar-refractivity contribution in [2.24, 2.45) is 0 Å². The van der Waals surface area contributed by atoms with Gasteiger partial charge in [-0.2, -0.15) is 0 Å². The lowest BCUT2D eigenvalue weighted by molar-refractivity contribution is 0.101. The van der Waals surface area contributed by atoms with Gasteiger partial charge in [0.15, 0.2) is 5.82 Å². The van der Waals surface area contributed by atoms with E-state index in [1.807, 2.05) is 55.5 Å². The number of carbonyl (C=O) groups excluding carboxylic acids is 1. The third-order valence-corrected chi connectivity index (χ3v) is 5.85. The summed E-state index contributed by atoms with van der Waals surface area (Å²) >= 11 is 12.5. The minimum absolute atomic E-state index is 0.00830. The van der Waals surface area contributed by atoms with Crippen molar-refractivity contribution in [3.63, 3.8) is 0 Å². The molecule has 0 radical (unpaired) electrons. The SMILES string of the molecule is Cc1ccc(Cl)cc1-n1nc(C(=O)Nc2ccc(Oc3ccccc3)cc2)nc1-c1cccc(Cl)c1. The van der Waals surface area contributed by atoms with Crippen LogP contribution in [-0.4, -0.2) is 20.7 Å². The summed E-state index contributed by atoms with van der Waals surface area (Å²) in [5, 5.41) is 8.47. The largest absolute Gasteiger partial charge is 0.457 e. The van der Waals surface area contributed by atoms with Crippen LogP contribution in [0.15, 0.2) is 97.1 Å². The second-order valence-corrected chi connectivity index (χ2v) is 8.88. The van der Waals surface area contributed by atoms with Crippen molar-refractivity contribution in [2.45, 2.75) is 6.92 Å². The first kappa shape index (κ1) is 23.6. The minimum Gasteiger partial charge on any atom is -0.457 e. The molecule has 0 aliphatic carbocycles. The first-order valence-electron chi connectivity index (χ1n) is 11.1. The highest BCUT2D eigenvalue weighted by Crippen LogP contribution is 2.28. The lowest BCUT2D eigenvalue weighted by atomic mass is 10.2. The smallest absolute Gasteiger partial charge is 0.295 e. The molecule has 5 rings (SSSR count). The molecular formula is C28H20Cl2N4O2. The Morgan fingerprint density at radius 2 is 1.56 bits per heavy atom. The third-order valence-electron chi connectivity index (χ3n) is 5.38. The molecule has 36 heavy (non-hydrogen) atoms. The fraction of sp³-hybridized carbons (Fsp3) is 0.0357. The molecule has 0 bridgehead atoms. The number of benzene rings is 4. The van der Waals surface area contributed by atoms with Crippen LogP contribution in [0.2, 0.25) is 10.0 Å². The van der Waals surface area contributed by atoms with E-state index in [1.54, 1.807) is 53.2 Å². The maximum atomic E-state index is 13.1. The molecule has 8 heteroatoms. The van der Waals surface area contributed by atoms with Gasteiger partial charge in [0.1, 0.15) is 11.5 Å². The summed E-state index contributed by atoms with van der Waals surface area (Å²) in [6.45, 7) is 1.94. The standard InChI is InChI=1S/C28H20Cl2N4O2/c1-18-10-11-21(30)17-25(18)34-27(19-6-5-7-20(29)16-19)32-26(33-34)28(35)31-22-12-14-24(15-13-22)36-23-8-3-2-4-9-23/h2-17H,1H3,(H,31,35). The third kappa shape index (κ3) is 5.25. The normalized spacial score (nSPS) is 10.8. The molecule has 6 nitrogen and oxygen atoms in total. The second-order valence-electron chi connectivity index (χ2n) is 8.01. The maximum absolute atomic E-state index is 13.1.